The molecule has 1 aromatic heterocycles. The first-order chi connectivity index (χ1) is 14.2. The molecule has 2 aromatic carbocycles. The SMILES string of the molecule is CCOc1ccc2nc(N3CCC(C(=O)NCCc4ccccc4)CC3)sc2c1. The van der Waals surface area contributed by atoms with Gasteiger partial charge in [-0.3, -0.25) is 4.79 Å². The number of ether oxygens (including phenoxy) is 1. The molecule has 1 fully saturated rings. The molecule has 0 bridgehead atoms. The third kappa shape index (κ3) is 4.88. The molecule has 0 spiro atoms. The van der Waals surface area contributed by atoms with Gasteiger partial charge in [0.1, 0.15) is 5.75 Å². The maximum absolute atomic E-state index is 12.5. The summed E-state index contributed by atoms with van der Waals surface area (Å²) in [6.07, 6.45) is 2.62. The summed E-state index contributed by atoms with van der Waals surface area (Å²) < 4.78 is 6.74. The molecule has 0 unspecified atom stereocenters. The summed E-state index contributed by atoms with van der Waals surface area (Å²) in [5, 5.41) is 4.15. The van der Waals surface area contributed by atoms with Crippen LogP contribution >= 0.6 is 11.3 Å². The predicted molar refractivity (Wildman–Crippen MR) is 119 cm³/mol. The number of piperidine rings is 1. The number of nitrogens with zero attached hydrogens (tertiary/aromatic N) is 2. The molecule has 1 amide bonds. The van der Waals surface area contributed by atoms with Crippen LogP contribution < -0.4 is 15.0 Å². The van der Waals surface area contributed by atoms with Crippen LogP contribution in [0, 0.1) is 5.92 Å². The van der Waals surface area contributed by atoms with Crippen LogP contribution in [-0.2, 0) is 11.2 Å². The Balaban J connectivity index is 1.28. The first-order valence-corrected chi connectivity index (χ1v) is 11.1. The van der Waals surface area contributed by atoms with Crippen molar-refractivity contribution in [3.8, 4) is 5.75 Å². The minimum Gasteiger partial charge on any atom is -0.494 e. The molecule has 0 aliphatic carbocycles. The van der Waals surface area contributed by atoms with E-state index in [4.69, 9.17) is 9.72 Å². The molecule has 2 heterocycles. The zero-order valence-electron chi connectivity index (χ0n) is 16.8. The van der Waals surface area contributed by atoms with Gasteiger partial charge in [0.15, 0.2) is 5.13 Å². The lowest BCUT2D eigenvalue weighted by Gasteiger charge is -2.31. The molecule has 1 aliphatic rings. The molecule has 1 N–H and O–H groups in total. The van der Waals surface area contributed by atoms with E-state index in [9.17, 15) is 4.79 Å². The molecule has 29 heavy (non-hydrogen) atoms. The quantitative estimate of drug-likeness (QED) is 0.633. The second kappa shape index (κ2) is 9.27. The molecule has 152 valence electrons. The average Bonchev–Trinajstić information content (AvgIpc) is 3.18. The number of carbonyl (C=O) groups excluding carboxylic acids is 1. The smallest absolute Gasteiger partial charge is 0.223 e. The Bertz CT molecular complexity index is 949. The Morgan fingerprint density at radius 3 is 2.76 bits per heavy atom. The molecule has 5 nitrogen and oxygen atoms in total. The van der Waals surface area contributed by atoms with E-state index in [-0.39, 0.29) is 11.8 Å². The summed E-state index contributed by atoms with van der Waals surface area (Å²) in [6.45, 7) is 5.09. The van der Waals surface area contributed by atoms with Crippen molar-refractivity contribution in [1.29, 1.82) is 0 Å². The van der Waals surface area contributed by atoms with Crippen LogP contribution in [0.5, 0.6) is 5.75 Å². The molecule has 1 saturated heterocycles. The van der Waals surface area contributed by atoms with E-state index in [1.807, 2.05) is 37.3 Å². The Hall–Kier alpha value is -2.60. The van der Waals surface area contributed by atoms with Gasteiger partial charge >= 0.3 is 0 Å². The number of thiazole rings is 1. The number of hydrogen-bond donors (Lipinski definition) is 1. The van der Waals surface area contributed by atoms with Crippen molar-refractivity contribution in [2.75, 3.05) is 31.1 Å². The highest BCUT2D eigenvalue weighted by Crippen LogP contribution is 2.33. The van der Waals surface area contributed by atoms with Crippen LogP contribution in [0.1, 0.15) is 25.3 Å². The maximum Gasteiger partial charge on any atom is 0.223 e. The van der Waals surface area contributed by atoms with E-state index in [0.29, 0.717) is 13.2 Å². The van der Waals surface area contributed by atoms with Gasteiger partial charge in [-0.1, -0.05) is 41.7 Å². The van der Waals surface area contributed by atoms with E-state index < -0.39 is 0 Å². The Labute approximate surface area is 175 Å². The van der Waals surface area contributed by atoms with E-state index >= 15 is 0 Å². The highest BCUT2D eigenvalue weighted by Gasteiger charge is 2.26. The molecule has 6 heteroatoms. The van der Waals surface area contributed by atoms with Crippen molar-refractivity contribution in [2.24, 2.45) is 5.92 Å². The lowest BCUT2D eigenvalue weighted by molar-refractivity contribution is -0.125. The maximum atomic E-state index is 12.5. The molecule has 0 radical (unpaired) electrons. The van der Waals surface area contributed by atoms with Crippen molar-refractivity contribution in [1.82, 2.24) is 10.3 Å². The Morgan fingerprint density at radius 1 is 1.21 bits per heavy atom. The van der Waals surface area contributed by atoms with Gasteiger partial charge in [-0.15, -0.1) is 0 Å². The largest absolute Gasteiger partial charge is 0.494 e. The summed E-state index contributed by atoms with van der Waals surface area (Å²) in [6, 6.07) is 16.3. The third-order valence-corrected chi connectivity index (χ3v) is 6.43. The summed E-state index contributed by atoms with van der Waals surface area (Å²) in [5.41, 5.74) is 2.26. The Kier molecular flexibility index (Phi) is 6.30. The summed E-state index contributed by atoms with van der Waals surface area (Å²) in [5.74, 6) is 1.17. The van der Waals surface area contributed by atoms with E-state index in [1.54, 1.807) is 11.3 Å². The van der Waals surface area contributed by atoms with Gasteiger partial charge in [-0.2, -0.15) is 0 Å². The van der Waals surface area contributed by atoms with Crippen molar-refractivity contribution in [3.05, 3.63) is 54.1 Å². The molecule has 4 rings (SSSR count). The average molecular weight is 410 g/mol. The van der Waals surface area contributed by atoms with E-state index in [2.05, 4.69) is 28.4 Å². The number of anilines is 1. The first kappa shape index (κ1) is 19.7. The fraction of sp³-hybridized carbons (Fsp3) is 0.391. The number of amides is 1. The minimum absolute atomic E-state index is 0.0981. The fourth-order valence-corrected chi connectivity index (χ4v) is 4.78. The van der Waals surface area contributed by atoms with Crippen LogP contribution in [0.4, 0.5) is 5.13 Å². The molecular weight excluding hydrogens is 382 g/mol. The number of benzene rings is 2. The lowest BCUT2D eigenvalue weighted by atomic mass is 9.96. The number of fused-ring (bicyclic) bond motifs is 1. The first-order valence-electron chi connectivity index (χ1n) is 10.3. The normalized spacial score (nSPS) is 14.9. The number of carbonyl (C=O) groups is 1. The predicted octanol–water partition coefficient (Wildman–Crippen LogP) is 4.27. The second-order valence-corrected chi connectivity index (χ2v) is 8.36. The highest BCUT2D eigenvalue weighted by atomic mass is 32.1. The summed E-state index contributed by atoms with van der Waals surface area (Å²) in [4.78, 5) is 19.6. The minimum atomic E-state index is 0.0981. The van der Waals surface area contributed by atoms with Gasteiger partial charge in [0, 0.05) is 25.6 Å². The summed E-state index contributed by atoms with van der Waals surface area (Å²) >= 11 is 1.70. The van der Waals surface area contributed by atoms with Crippen LogP contribution in [0.3, 0.4) is 0 Å². The number of hydrogen-bond acceptors (Lipinski definition) is 5. The van der Waals surface area contributed by atoms with Gasteiger partial charge in [0.25, 0.3) is 0 Å². The van der Waals surface area contributed by atoms with Crippen LogP contribution in [0.15, 0.2) is 48.5 Å². The molecule has 1 aliphatic heterocycles. The number of aromatic nitrogens is 1. The number of rotatable bonds is 7. The third-order valence-electron chi connectivity index (χ3n) is 5.35. The van der Waals surface area contributed by atoms with Crippen molar-refractivity contribution in [3.63, 3.8) is 0 Å². The van der Waals surface area contributed by atoms with E-state index in [1.165, 1.54) is 5.56 Å². The zero-order chi connectivity index (χ0) is 20.1. The van der Waals surface area contributed by atoms with Crippen molar-refractivity contribution < 1.29 is 9.53 Å². The molecule has 3 aromatic rings. The van der Waals surface area contributed by atoms with Gasteiger partial charge in [0.2, 0.25) is 5.91 Å². The summed E-state index contributed by atoms with van der Waals surface area (Å²) in [7, 11) is 0. The second-order valence-electron chi connectivity index (χ2n) is 7.35. The highest BCUT2D eigenvalue weighted by molar-refractivity contribution is 7.22. The van der Waals surface area contributed by atoms with Crippen LogP contribution in [0.25, 0.3) is 10.2 Å². The van der Waals surface area contributed by atoms with Gasteiger partial charge in [-0.05, 0) is 49.9 Å². The number of nitrogens with one attached hydrogen (secondary N) is 1. The monoisotopic (exact) mass is 409 g/mol. The van der Waals surface area contributed by atoms with Crippen LogP contribution in [-0.4, -0.2) is 37.1 Å². The van der Waals surface area contributed by atoms with E-state index in [0.717, 1.165) is 53.4 Å². The zero-order valence-corrected chi connectivity index (χ0v) is 17.6. The lowest BCUT2D eigenvalue weighted by Crippen LogP contribution is -2.41. The Morgan fingerprint density at radius 2 is 2.00 bits per heavy atom. The van der Waals surface area contributed by atoms with Crippen LogP contribution in [0.2, 0.25) is 0 Å². The fourth-order valence-electron chi connectivity index (χ4n) is 3.74. The molecule has 0 saturated carbocycles. The van der Waals surface area contributed by atoms with Crippen molar-refractivity contribution >= 4 is 32.6 Å². The van der Waals surface area contributed by atoms with Crippen molar-refractivity contribution in [2.45, 2.75) is 26.2 Å². The molecular formula is C23H27N3O2S. The van der Waals surface area contributed by atoms with Gasteiger partial charge in [-0.25, -0.2) is 4.98 Å². The topological polar surface area (TPSA) is 54.5 Å². The van der Waals surface area contributed by atoms with Gasteiger partial charge in [0.05, 0.1) is 16.8 Å². The molecule has 0 atom stereocenters. The standard InChI is InChI=1S/C23H27N3O2S/c1-2-28-19-8-9-20-21(16-19)29-23(25-20)26-14-11-18(12-15-26)22(27)24-13-10-17-6-4-3-5-7-17/h3-9,16,18H,2,10-15H2,1H3,(H,24,27). The van der Waals surface area contributed by atoms with Gasteiger partial charge < -0.3 is 15.0 Å².